The molecule has 3 rings (SSSR count). The summed E-state index contributed by atoms with van der Waals surface area (Å²) in [5, 5.41) is 3.33. The molecular formula is C20H17BrClN3O3. The fourth-order valence-electron chi connectivity index (χ4n) is 2.48. The van der Waals surface area contributed by atoms with Crippen LogP contribution in [0.2, 0.25) is 5.02 Å². The van der Waals surface area contributed by atoms with Crippen molar-refractivity contribution in [3.8, 4) is 5.75 Å². The maximum absolute atomic E-state index is 12.4. The van der Waals surface area contributed by atoms with Crippen molar-refractivity contribution in [2.75, 3.05) is 5.32 Å². The fourth-order valence-corrected chi connectivity index (χ4v) is 3.25. The van der Waals surface area contributed by atoms with E-state index in [0.717, 1.165) is 0 Å². The molecule has 3 aromatic rings. The van der Waals surface area contributed by atoms with Crippen LogP contribution < -0.4 is 10.1 Å². The molecule has 1 atom stereocenters. The van der Waals surface area contributed by atoms with Crippen LogP contribution in [0.1, 0.15) is 23.1 Å². The minimum atomic E-state index is -0.730. The summed E-state index contributed by atoms with van der Waals surface area (Å²) in [7, 11) is 1.76. The van der Waals surface area contributed by atoms with Crippen molar-refractivity contribution in [3.05, 3.63) is 75.7 Å². The van der Waals surface area contributed by atoms with Gasteiger partial charge in [-0.1, -0.05) is 11.6 Å². The lowest BCUT2D eigenvalue weighted by molar-refractivity contribution is -0.122. The van der Waals surface area contributed by atoms with Gasteiger partial charge in [-0.05, 0) is 65.3 Å². The van der Waals surface area contributed by atoms with Crippen molar-refractivity contribution in [1.82, 2.24) is 9.55 Å². The first-order valence-corrected chi connectivity index (χ1v) is 9.57. The number of carbonyl (C=O) groups excluding carboxylic acids is 2. The van der Waals surface area contributed by atoms with Crippen molar-refractivity contribution in [2.45, 2.75) is 13.0 Å². The van der Waals surface area contributed by atoms with Gasteiger partial charge < -0.3 is 14.6 Å². The molecule has 0 saturated carbocycles. The van der Waals surface area contributed by atoms with Crippen LogP contribution in [0.25, 0.3) is 0 Å². The van der Waals surface area contributed by atoms with Crippen LogP contribution in [0, 0.1) is 0 Å². The molecule has 1 amide bonds. The predicted molar refractivity (Wildman–Crippen MR) is 111 cm³/mol. The summed E-state index contributed by atoms with van der Waals surface area (Å²) in [6, 6.07) is 11.7. The third-order valence-corrected chi connectivity index (χ3v) is 4.86. The van der Waals surface area contributed by atoms with E-state index in [2.05, 4.69) is 26.2 Å². The Hall–Kier alpha value is -2.64. The monoisotopic (exact) mass is 461 g/mol. The SMILES string of the molecule is CC(Oc1ccc(Cl)cc1Br)C(=O)Nc1ccc(C(=O)c2nccn2C)cc1. The Bertz CT molecular complexity index is 1020. The van der Waals surface area contributed by atoms with Crippen LogP contribution in [-0.2, 0) is 11.8 Å². The van der Waals surface area contributed by atoms with E-state index in [1.54, 1.807) is 73.4 Å². The molecule has 1 unspecified atom stereocenters. The molecule has 144 valence electrons. The Balaban J connectivity index is 1.64. The summed E-state index contributed by atoms with van der Waals surface area (Å²) in [4.78, 5) is 28.9. The van der Waals surface area contributed by atoms with Gasteiger partial charge in [-0.25, -0.2) is 4.98 Å². The minimum absolute atomic E-state index is 0.185. The molecule has 1 heterocycles. The predicted octanol–water partition coefficient (Wildman–Crippen LogP) is 4.47. The van der Waals surface area contributed by atoms with Gasteiger partial charge in [0.1, 0.15) is 5.75 Å². The molecule has 1 aromatic heterocycles. The van der Waals surface area contributed by atoms with Gasteiger partial charge in [0.25, 0.3) is 5.91 Å². The molecule has 0 saturated heterocycles. The molecule has 0 aliphatic carbocycles. The Morgan fingerprint density at radius 2 is 1.93 bits per heavy atom. The van der Waals surface area contributed by atoms with Crippen molar-refractivity contribution in [2.24, 2.45) is 7.05 Å². The standard InChI is InChI=1S/C20H17BrClN3O3/c1-12(28-17-8-5-14(22)11-16(17)21)20(27)24-15-6-3-13(4-7-15)18(26)19-23-9-10-25(19)2/h3-12H,1-2H3,(H,24,27). The lowest BCUT2D eigenvalue weighted by atomic mass is 10.1. The maximum Gasteiger partial charge on any atom is 0.265 e. The highest BCUT2D eigenvalue weighted by atomic mass is 79.9. The van der Waals surface area contributed by atoms with E-state index in [-0.39, 0.29) is 11.7 Å². The Morgan fingerprint density at radius 3 is 2.54 bits per heavy atom. The number of halogens is 2. The van der Waals surface area contributed by atoms with Crippen molar-refractivity contribution < 1.29 is 14.3 Å². The highest BCUT2D eigenvalue weighted by Gasteiger charge is 2.17. The van der Waals surface area contributed by atoms with Crippen LogP contribution >= 0.6 is 27.5 Å². The second kappa shape index (κ2) is 8.58. The molecule has 8 heteroatoms. The summed E-state index contributed by atoms with van der Waals surface area (Å²) in [5.41, 5.74) is 1.05. The molecule has 0 bridgehead atoms. The quantitative estimate of drug-likeness (QED) is 0.549. The molecule has 0 fully saturated rings. The third kappa shape index (κ3) is 4.61. The summed E-state index contributed by atoms with van der Waals surface area (Å²) in [6.45, 7) is 1.65. The lowest BCUT2D eigenvalue weighted by Crippen LogP contribution is -2.30. The van der Waals surface area contributed by atoms with Gasteiger partial charge in [0.05, 0.1) is 4.47 Å². The molecule has 6 nitrogen and oxygen atoms in total. The van der Waals surface area contributed by atoms with Gasteiger partial charge in [-0.2, -0.15) is 0 Å². The number of ketones is 1. The van der Waals surface area contributed by atoms with E-state index in [1.807, 2.05) is 0 Å². The second-order valence-electron chi connectivity index (χ2n) is 6.09. The second-order valence-corrected chi connectivity index (χ2v) is 7.38. The van der Waals surface area contributed by atoms with Crippen LogP contribution in [0.15, 0.2) is 59.3 Å². The van der Waals surface area contributed by atoms with Crippen LogP contribution in [0.4, 0.5) is 5.69 Å². The average Bonchev–Trinajstić information content (AvgIpc) is 3.10. The zero-order valence-corrected chi connectivity index (χ0v) is 17.5. The van der Waals surface area contributed by atoms with Gasteiger partial charge in [0, 0.05) is 35.7 Å². The van der Waals surface area contributed by atoms with E-state index < -0.39 is 6.10 Å². The van der Waals surface area contributed by atoms with Crippen LogP contribution in [0.3, 0.4) is 0 Å². The van der Waals surface area contributed by atoms with Crippen molar-refractivity contribution in [3.63, 3.8) is 0 Å². The number of amides is 1. The molecule has 1 N–H and O–H groups in total. The van der Waals surface area contributed by atoms with Gasteiger partial charge in [-0.15, -0.1) is 0 Å². The first-order valence-electron chi connectivity index (χ1n) is 8.40. The normalized spacial score (nSPS) is 11.7. The molecule has 2 aromatic carbocycles. The number of hydrogen-bond donors (Lipinski definition) is 1. The Labute approximate surface area is 175 Å². The van der Waals surface area contributed by atoms with Crippen LogP contribution in [-0.4, -0.2) is 27.3 Å². The Morgan fingerprint density at radius 1 is 1.21 bits per heavy atom. The molecule has 0 radical (unpaired) electrons. The summed E-state index contributed by atoms with van der Waals surface area (Å²) >= 11 is 9.26. The zero-order chi connectivity index (χ0) is 20.3. The number of nitrogens with zero attached hydrogens (tertiary/aromatic N) is 2. The van der Waals surface area contributed by atoms with E-state index >= 15 is 0 Å². The number of hydrogen-bond acceptors (Lipinski definition) is 4. The fraction of sp³-hybridized carbons (Fsp3) is 0.150. The average molecular weight is 463 g/mol. The molecule has 0 aliphatic rings. The number of nitrogens with one attached hydrogen (secondary N) is 1. The van der Waals surface area contributed by atoms with Gasteiger partial charge in [-0.3, -0.25) is 9.59 Å². The first kappa shape index (κ1) is 20.1. The van der Waals surface area contributed by atoms with E-state index in [4.69, 9.17) is 16.3 Å². The minimum Gasteiger partial charge on any atom is -0.480 e. The number of carbonyl (C=O) groups is 2. The third-order valence-electron chi connectivity index (χ3n) is 4.01. The Kier molecular flexibility index (Phi) is 6.16. The summed E-state index contributed by atoms with van der Waals surface area (Å²) < 4.78 is 8.00. The van der Waals surface area contributed by atoms with E-state index in [9.17, 15) is 9.59 Å². The first-order chi connectivity index (χ1) is 13.3. The topological polar surface area (TPSA) is 73.2 Å². The van der Waals surface area contributed by atoms with E-state index in [0.29, 0.717) is 32.3 Å². The number of anilines is 1. The molecule has 28 heavy (non-hydrogen) atoms. The number of rotatable bonds is 6. The smallest absolute Gasteiger partial charge is 0.265 e. The number of benzene rings is 2. The molecular weight excluding hydrogens is 446 g/mol. The molecule has 0 aliphatic heterocycles. The summed E-state index contributed by atoms with van der Waals surface area (Å²) in [5.74, 6) is 0.370. The highest BCUT2D eigenvalue weighted by molar-refractivity contribution is 9.10. The van der Waals surface area contributed by atoms with Gasteiger partial charge >= 0.3 is 0 Å². The van der Waals surface area contributed by atoms with E-state index in [1.165, 1.54) is 0 Å². The number of imidazole rings is 1. The molecule has 0 spiro atoms. The van der Waals surface area contributed by atoms with Crippen molar-refractivity contribution in [1.29, 1.82) is 0 Å². The zero-order valence-electron chi connectivity index (χ0n) is 15.1. The lowest BCUT2D eigenvalue weighted by Gasteiger charge is -2.16. The van der Waals surface area contributed by atoms with Crippen LogP contribution in [0.5, 0.6) is 5.75 Å². The number of ether oxygens (including phenoxy) is 1. The van der Waals surface area contributed by atoms with Gasteiger partial charge in [0.15, 0.2) is 11.9 Å². The maximum atomic E-state index is 12.4. The highest BCUT2D eigenvalue weighted by Crippen LogP contribution is 2.29. The largest absolute Gasteiger partial charge is 0.480 e. The van der Waals surface area contributed by atoms with Crippen molar-refractivity contribution >= 4 is 44.9 Å². The summed E-state index contributed by atoms with van der Waals surface area (Å²) in [6.07, 6.45) is 2.55. The number of aromatic nitrogens is 2. The number of aryl methyl sites for hydroxylation is 1. The van der Waals surface area contributed by atoms with Gasteiger partial charge in [0.2, 0.25) is 5.78 Å².